The molecule has 1 unspecified atom stereocenters. The standard InChI is InChI=1S/C10H15N3O3S/c1-5-8(10(15)16)17-7(13-5)4-12-9(14)6(2)11-3/h6,11H,4H2,1-3H3,(H,12,14)(H,15,16). The molecule has 1 amide bonds. The van der Waals surface area contributed by atoms with E-state index in [9.17, 15) is 9.59 Å². The molecule has 94 valence electrons. The molecule has 0 fully saturated rings. The van der Waals surface area contributed by atoms with Gasteiger partial charge in [-0.3, -0.25) is 4.79 Å². The van der Waals surface area contributed by atoms with Crippen molar-refractivity contribution in [2.45, 2.75) is 26.4 Å². The SMILES string of the molecule is CNC(C)C(=O)NCc1nc(C)c(C(=O)O)s1. The molecule has 7 heteroatoms. The zero-order valence-electron chi connectivity index (χ0n) is 9.90. The lowest BCUT2D eigenvalue weighted by molar-refractivity contribution is -0.122. The van der Waals surface area contributed by atoms with E-state index < -0.39 is 5.97 Å². The molecule has 1 rings (SSSR count). The highest BCUT2D eigenvalue weighted by atomic mass is 32.1. The Morgan fingerprint density at radius 1 is 1.53 bits per heavy atom. The summed E-state index contributed by atoms with van der Waals surface area (Å²) in [5.41, 5.74) is 0.480. The first kappa shape index (κ1) is 13.6. The van der Waals surface area contributed by atoms with Crippen LogP contribution in [0.25, 0.3) is 0 Å². The monoisotopic (exact) mass is 257 g/mol. The number of rotatable bonds is 5. The Morgan fingerprint density at radius 2 is 2.18 bits per heavy atom. The van der Waals surface area contributed by atoms with E-state index in [1.54, 1.807) is 20.9 Å². The van der Waals surface area contributed by atoms with Gasteiger partial charge in [-0.15, -0.1) is 11.3 Å². The van der Waals surface area contributed by atoms with Gasteiger partial charge in [-0.2, -0.15) is 0 Å². The number of aromatic carboxylic acids is 1. The summed E-state index contributed by atoms with van der Waals surface area (Å²) in [6, 6.07) is -0.282. The van der Waals surface area contributed by atoms with Gasteiger partial charge in [0.25, 0.3) is 0 Å². The first-order chi connectivity index (χ1) is 7.95. The number of nitrogens with zero attached hydrogens (tertiary/aromatic N) is 1. The minimum Gasteiger partial charge on any atom is -0.477 e. The van der Waals surface area contributed by atoms with Gasteiger partial charge in [0.1, 0.15) is 9.88 Å². The Morgan fingerprint density at radius 3 is 2.65 bits per heavy atom. The number of carbonyl (C=O) groups is 2. The van der Waals surface area contributed by atoms with E-state index in [1.807, 2.05) is 0 Å². The number of thiazole rings is 1. The van der Waals surface area contributed by atoms with Crippen LogP contribution in [0, 0.1) is 6.92 Å². The van der Waals surface area contributed by atoms with Gasteiger partial charge in [0.05, 0.1) is 18.3 Å². The Balaban J connectivity index is 2.61. The molecule has 3 N–H and O–H groups in total. The number of likely N-dealkylation sites (N-methyl/N-ethyl adjacent to an activating group) is 1. The fourth-order valence-electron chi connectivity index (χ4n) is 1.17. The summed E-state index contributed by atoms with van der Waals surface area (Å²) in [7, 11) is 1.69. The summed E-state index contributed by atoms with van der Waals surface area (Å²) in [6.45, 7) is 3.64. The smallest absolute Gasteiger partial charge is 0.347 e. The molecule has 17 heavy (non-hydrogen) atoms. The third-order valence-corrected chi connectivity index (χ3v) is 3.42. The topological polar surface area (TPSA) is 91.3 Å². The summed E-state index contributed by atoms with van der Waals surface area (Å²) in [5, 5.41) is 14.9. The summed E-state index contributed by atoms with van der Waals surface area (Å²) in [5.74, 6) is -1.13. The maximum Gasteiger partial charge on any atom is 0.347 e. The first-order valence-corrected chi connectivity index (χ1v) is 5.92. The molecule has 0 aliphatic heterocycles. The molecule has 0 saturated carbocycles. The summed E-state index contributed by atoms with van der Waals surface area (Å²) >= 11 is 1.08. The van der Waals surface area contributed by atoms with Crippen LogP contribution in [0.1, 0.15) is 27.3 Å². The van der Waals surface area contributed by atoms with Crippen molar-refractivity contribution in [1.29, 1.82) is 0 Å². The van der Waals surface area contributed by atoms with Gasteiger partial charge in [0.2, 0.25) is 5.91 Å². The zero-order valence-corrected chi connectivity index (χ0v) is 10.7. The number of aryl methyl sites for hydroxylation is 1. The normalized spacial score (nSPS) is 12.2. The van der Waals surface area contributed by atoms with Gasteiger partial charge in [0.15, 0.2) is 0 Å². The van der Waals surface area contributed by atoms with Crippen LogP contribution < -0.4 is 10.6 Å². The predicted molar refractivity (Wildman–Crippen MR) is 64.2 cm³/mol. The molecule has 0 saturated heterocycles. The van der Waals surface area contributed by atoms with Crippen LogP contribution in [0.15, 0.2) is 0 Å². The molecule has 0 aliphatic carbocycles. The number of hydrogen-bond donors (Lipinski definition) is 3. The van der Waals surface area contributed by atoms with Crippen molar-refractivity contribution in [2.75, 3.05) is 7.05 Å². The van der Waals surface area contributed by atoms with E-state index in [4.69, 9.17) is 5.11 Å². The van der Waals surface area contributed by atoms with Gasteiger partial charge in [-0.05, 0) is 20.9 Å². The van der Waals surface area contributed by atoms with E-state index >= 15 is 0 Å². The number of nitrogens with one attached hydrogen (secondary N) is 2. The lowest BCUT2D eigenvalue weighted by atomic mass is 10.3. The van der Waals surface area contributed by atoms with Crippen molar-refractivity contribution >= 4 is 23.2 Å². The van der Waals surface area contributed by atoms with Crippen molar-refractivity contribution in [3.8, 4) is 0 Å². The lowest BCUT2D eigenvalue weighted by Gasteiger charge is -2.09. The molecule has 0 spiro atoms. The molecule has 0 aromatic carbocycles. The van der Waals surface area contributed by atoms with Crippen molar-refractivity contribution in [1.82, 2.24) is 15.6 Å². The lowest BCUT2D eigenvalue weighted by Crippen LogP contribution is -2.39. The Bertz CT molecular complexity index is 430. The highest BCUT2D eigenvalue weighted by Crippen LogP contribution is 2.17. The molecule has 0 aliphatic rings. The average Bonchev–Trinajstić information content (AvgIpc) is 2.66. The van der Waals surface area contributed by atoms with Gasteiger partial charge in [0, 0.05) is 0 Å². The van der Waals surface area contributed by atoms with Crippen molar-refractivity contribution in [3.05, 3.63) is 15.6 Å². The van der Waals surface area contributed by atoms with Crippen LogP contribution in [0.5, 0.6) is 0 Å². The molecule has 0 radical (unpaired) electrons. The zero-order chi connectivity index (χ0) is 13.0. The second kappa shape index (κ2) is 5.74. The van der Waals surface area contributed by atoms with Crippen molar-refractivity contribution in [3.63, 3.8) is 0 Å². The number of amides is 1. The van der Waals surface area contributed by atoms with Crippen LogP contribution in [-0.2, 0) is 11.3 Å². The third kappa shape index (κ3) is 3.50. The fourth-order valence-corrected chi connectivity index (χ4v) is 2.02. The number of carboxylic acid groups (broad SMARTS) is 1. The number of carbonyl (C=O) groups excluding carboxylic acids is 1. The Hall–Kier alpha value is -1.47. The first-order valence-electron chi connectivity index (χ1n) is 5.10. The molecular formula is C10H15N3O3S. The van der Waals surface area contributed by atoms with Crippen LogP contribution in [-0.4, -0.2) is 35.1 Å². The Labute approximate surface area is 103 Å². The van der Waals surface area contributed by atoms with Gasteiger partial charge in [-0.1, -0.05) is 0 Å². The number of hydrogen-bond acceptors (Lipinski definition) is 5. The van der Waals surface area contributed by atoms with Gasteiger partial charge < -0.3 is 15.7 Å². The highest BCUT2D eigenvalue weighted by molar-refractivity contribution is 7.13. The predicted octanol–water partition coefficient (Wildman–Crippen LogP) is 0.374. The van der Waals surface area contributed by atoms with Crippen LogP contribution >= 0.6 is 11.3 Å². The van der Waals surface area contributed by atoms with Crippen molar-refractivity contribution < 1.29 is 14.7 Å². The van der Waals surface area contributed by atoms with E-state index in [0.717, 1.165) is 11.3 Å². The second-order valence-electron chi connectivity index (χ2n) is 3.56. The minimum atomic E-state index is -0.985. The molecule has 1 aromatic heterocycles. The summed E-state index contributed by atoms with van der Waals surface area (Å²) in [6.07, 6.45) is 0. The second-order valence-corrected chi connectivity index (χ2v) is 4.64. The maximum absolute atomic E-state index is 11.5. The van der Waals surface area contributed by atoms with Crippen LogP contribution in [0.3, 0.4) is 0 Å². The molecule has 6 nitrogen and oxygen atoms in total. The van der Waals surface area contributed by atoms with E-state index in [1.165, 1.54) is 0 Å². The van der Waals surface area contributed by atoms with Gasteiger partial charge in [-0.25, -0.2) is 9.78 Å². The van der Waals surface area contributed by atoms with E-state index in [0.29, 0.717) is 10.7 Å². The summed E-state index contributed by atoms with van der Waals surface area (Å²) < 4.78 is 0. The Kier molecular flexibility index (Phi) is 4.59. The van der Waals surface area contributed by atoms with E-state index in [2.05, 4.69) is 15.6 Å². The molecule has 0 bridgehead atoms. The largest absolute Gasteiger partial charge is 0.477 e. The minimum absolute atomic E-state index is 0.141. The molecular weight excluding hydrogens is 242 g/mol. The summed E-state index contributed by atoms with van der Waals surface area (Å²) in [4.78, 5) is 26.6. The molecule has 1 heterocycles. The van der Waals surface area contributed by atoms with Crippen molar-refractivity contribution in [2.24, 2.45) is 0 Å². The highest BCUT2D eigenvalue weighted by Gasteiger charge is 2.15. The maximum atomic E-state index is 11.5. The molecule has 1 atom stereocenters. The number of carboxylic acids is 1. The van der Waals surface area contributed by atoms with Crippen LogP contribution in [0.4, 0.5) is 0 Å². The molecule has 1 aromatic rings. The van der Waals surface area contributed by atoms with Crippen LogP contribution in [0.2, 0.25) is 0 Å². The van der Waals surface area contributed by atoms with Gasteiger partial charge >= 0.3 is 5.97 Å². The van der Waals surface area contributed by atoms with E-state index in [-0.39, 0.29) is 23.4 Å². The number of aromatic nitrogens is 1. The average molecular weight is 257 g/mol. The third-order valence-electron chi connectivity index (χ3n) is 2.28. The fraction of sp³-hybridized carbons (Fsp3) is 0.500. The quantitative estimate of drug-likeness (QED) is 0.709.